The van der Waals surface area contributed by atoms with E-state index in [-0.39, 0.29) is 5.91 Å². The number of carbonyl (C=O) groups is 2. The highest BCUT2D eigenvalue weighted by Gasteiger charge is 2.40. The quantitative estimate of drug-likeness (QED) is 0.527. The third-order valence-corrected chi connectivity index (χ3v) is 3.11. The summed E-state index contributed by atoms with van der Waals surface area (Å²) < 4.78 is 5.05. The second-order valence-corrected chi connectivity index (χ2v) is 6.47. The molecule has 0 aromatic carbocycles. The lowest BCUT2D eigenvalue weighted by Crippen LogP contribution is -2.45. The van der Waals surface area contributed by atoms with Crippen molar-refractivity contribution >= 4 is 11.9 Å². The Morgan fingerprint density at radius 3 is 2.05 bits per heavy atom. The van der Waals surface area contributed by atoms with Gasteiger partial charge in [-0.05, 0) is 39.4 Å². The van der Waals surface area contributed by atoms with Gasteiger partial charge in [0.05, 0.1) is 6.61 Å². The molecule has 0 aliphatic rings. The molecule has 1 atom stereocenters. The minimum atomic E-state index is -0.744. The van der Waals surface area contributed by atoms with Crippen molar-refractivity contribution in [3.8, 4) is 0 Å². The summed E-state index contributed by atoms with van der Waals surface area (Å²) in [6.45, 7) is 9.27. The van der Waals surface area contributed by atoms with E-state index in [1.54, 1.807) is 18.9 Å². The van der Waals surface area contributed by atoms with Crippen molar-refractivity contribution in [3.05, 3.63) is 0 Å². The van der Waals surface area contributed by atoms with Gasteiger partial charge >= 0.3 is 5.97 Å². The maximum atomic E-state index is 12.5. The number of nitrogens with zero attached hydrogens (tertiary/aromatic N) is 2. The lowest BCUT2D eigenvalue weighted by atomic mass is 9.80. The van der Waals surface area contributed by atoms with E-state index in [9.17, 15) is 9.59 Å². The largest absolute Gasteiger partial charge is 0.465 e. The van der Waals surface area contributed by atoms with Crippen molar-refractivity contribution in [2.24, 2.45) is 11.3 Å². The molecular weight excluding hydrogens is 256 g/mol. The van der Waals surface area contributed by atoms with Gasteiger partial charge in [0.15, 0.2) is 0 Å². The van der Waals surface area contributed by atoms with E-state index < -0.39 is 17.3 Å². The highest BCUT2D eigenvalue weighted by Crippen LogP contribution is 2.28. The Hall–Kier alpha value is -1.10. The minimum absolute atomic E-state index is 0.158. The summed E-state index contributed by atoms with van der Waals surface area (Å²) in [5, 5.41) is 0. The van der Waals surface area contributed by atoms with Gasteiger partial charge in [0, 0.05) is 13.6 Å². The molecule has 0 aliphatic heterocycles. The molecule has 0 aromatic heterocycles. The van der Waals surface area contributed by atoms with E-state index in [0.29, 0.717) is 13.2 Å². The van der Waals surface area contributed by atoms with Gasteiger partial charge < -0.3 is 14.5 Å². The van der Waals surface area contributed by atoms with Crippen molar-refractivity contribution in [2.45, 2.75) is 34.1 Å². The Bertz CT molecular complexity index is 322. The molecule has 0 aromatic rings. The fourth-order valence-corrected chi connectivity index (χ4v) is 2.01. The predicted molar refractivity (Wildman–Crippen MR) is 80.4 cm³/mol. The molecule has 0 heterocycles. The number of esters is 1. The molecule has 118 valence electrons. The van der Waals surface area contributed by atoms with Gasteiger partial charge in [-0.1, -0.05) is 20.8 Å². The van der Waals surface area contributed by atoms with Gasteiger partial charge in [0.25, 0.3) is 0 Å². The average Bonchev–Trinajstić information content (AvgIpc) is 2.26. The zero-order valence-electron chi connectivity index (χ0n) is 14.0. The van der Waals surface area contributed by atoms with Crippen LogP contribution >= 0.6 is 0 Å². The molecule has 0 saturated heterocycles. The summed E-state index contributed by atoms with van der Waals surface area (Å²) in [5.74, 6) is -1.33. The summed E-state index contributed by atoms with van der Waals surface area (Å²) >= 11 is 0. The number of carbonyl (C=O) groups excluding carboxylic acids is 2. The van der Waals surface area contributed by atoms with Gasteiger partial charge in [-0.3, -0.25) is 9.59 Å². The molecule has 1 amide bonds. The second kappa shape index (κ2) is 8.25. The second-order valence-electron chi connectivity index (χ2n) is 6.47. The van der Waals surface area contributed by atoms with Crippen LogP contribution in [0.25, 0.3) is 0 Å². The third-order valence-electron chi connectivity index (χ3n) is 3.11. The van der Waals surface area contributed by atoms with Crippen LogP contribution in [0, 0.1) is 11.3 Å². The molecule has 0 spiro atoms. The molecule has 5 heteroatoms. The Kier molecular flexibility index (Phi) is 7.79. The number of amides is 1. The van der Waals surface area contributed by atoms with Crippen LogP contribution in [-0.4, -0.2) is 62.5 Å². The van der Waals surface area contributed by atoms with Gasteiger partial charge in [-0.25, -0.2) is 0 Å². The van der Waals surface area contributed by atoms with Crippen molar-refractivity contribution in [1.29, 1.82) is 0 Å². The van der Waals surface area contributed by atoms with Crippen LogP contribution in [0.5, 0.6) is 0 Å². The van der Waals surface area contributed by atoms with Crippen LogP contribution < -0.4 is 0 Å². The highest BCUT2D eigenvalue weighted by molar-refractivity contribution is 5.98. The Balaban J connectivity index is 4.74. The maximum Gasteiger partial charge on any atom is 0.319 e. The molecule has 0 radical (unpaired) electrons. The maximum absolute atomic E-state index is 12.5. The molecule has 0 saturated carbocycles. The zero-order valence-corrected chi connectivity index (χ0v) is 14.0. The normalized spacial score (nSPS) is 13.2. The van der Waals surface area contributed by atoms with E-state index in [1.165, 1.54) is 0 Å². The van der Waals surface area contributed by atoms with Gasteiger partial charge in [0.1, 0.15) is 5.92 Å². The highest BCUT2D eigenvalue weighted by atomic mass is 16.5. The third kappa shape index (κ3) is 6.37. The molecular formula is C15H30N2O3. The number of hydrogen-bond donors (Lipinski definition) is 0. The van der Waals surface area contributed by atoms with E-state index in [1.807, 2.05) is 34.9 Å². The Morgan fingerprint density at radius 2 is 1.65 bits per heavy atom. The first-order chi connectivity index (χ1) is 9.11. The smallest absolute Gasteiger partial charge is 0.319 e. The van der Waals surface area contributed by atoms with Gasteiger partial charge in [0.2, 0.25) is 5.91 Å². The topological polar surface area (TPSA) is 49.9 Å². The predicted octanol–water partition coefficient (Wildman–Crippen LogP) is 1.62. The van der Waals surface area contributed by atoms with E-state index in [4.69, 9.17) is 4.74 Å². The summed E-state index contributed by atoms with van der Waals surface area (Å²) in [4.78, 5) is 28.2. The van der Waals surface area contributed by atoms with Crippen LogP contribution in [0.2, 0.25) is 0 Å². The molecule has 0 rings (SSSR count). The average molecular weight is 286 g/mol. The Morgan fingerprint density at radius 1 is 1.10 bits per heavy atom. The monoisotopic (exact) mass is 286 g/mol. The number of ether oxygens (including phenoxy) is 1. The molecule has 0 N–H and O–H groups in total. The number of hydrogen-bond acceptors (Lipinski definition) is 4. The fourth-order valence-electron chi connectivity index (χ4n) is 2.01. The first-order valence-corrected chi connectivity index (χ1v) is 7.17. The van der Waals surface area contributed by atoms with Crippen LogP contribution in [0.3, 0.4) is 0 Å². The first-order valence-electron chi connectivity index (χ1n) is 7.17. The van der Waals surface area contributed by atoms with Gasteiger partial charge in [-0.2, -0.15) is 0 Å². The lowest BCUT2D eigenvalue weighted by Gasteiger charge is -2.31. The van der Waals surface area contributed by atoms with Crippen molar-refractivity contribution in [2.75, 3.05) is 40.8 Å². The summed E-state index contributed by atoms with van der Waals surface area (Å²) in [7, 11) is 5.74. The summed E-state index contributed by atoms with van der Waals surface area (Å²) in [6.07, 6.45) is 0.884. The summed E-state index contributed by atoms with van der Waals surface area (Å²) in [5.41, 5.74) is -0.445. The Labute approximate surface area is 123 Å². The lowest BCUT2D eigenvalue weighted by molar-refractivity contribution is -0.160. The van der Waals surface area contributed by atoms with Crippen molar-refractivity contribution in [1.82, 2.24) is 9.80 Å². The van der Waals surface area contributed by atoms with Crippen LogP contribution in [0.4, 0.5) is 0 Å². The molecule has 0 bridgehead atoms. The van der Waals surface area contributed by atoms with Crippen LogP contribution in [0.1, 0.15) is 34.1 Å². The number of rotatable bonds is 7. The van der Waals surface area contributed by atoms with E-state index in [2.05, 4.69) is 4.90 Å². The van der Waals surface area contributed by atoms with Crippen LogP contribution in [-0.2, 0) is 14.3 Å². The van der Waals surface area contributed by atoms with E-state index >= 15 is 0 Å². The molecule has 0 aliphatic carbocycles. The first kappa shape index (κ1) is 18.9. The fraction of sp³-hybridized carbons (Fsp3) is 0.867. The molecule has 1 unspecified atom stereocenters. The van der Waals surface area contributed by atoms with Crippen molar-refractivity contribution < 1.29 is 14.3 Å². The standard InChI is InChI=1S/C15H30N2O3/c1-8-20-14(19)12(15(2,3)4)13(18)17(7)11-9-10-16(5)6/h12H,8-11H2,1-7H3. The minimum Gasteiger partial charge on any atom is -0.465 e. The summed E-state index contributed by atoms with van der Waals surface area (Å²) in [6, 6.07) is 0. The molecule has 5 nitrogen and oxygen atoms in total. The van der Waals surface area contributed by atoms with Crippen LogP contribution in [0.15, 0.2) is 0 Å². The molecule has 20 heavy (non-hydrogen) atoms. The van der Waals surface area contributed by atoms with Crippen molar-refractivity contribution in [3.63, 3.8) is 0 Å². The SMILES string of the molecule is CCOC(=O)C(C(=O)N(C)CCCN(C)C)C(C)(C)C. The van der Waals surface area contributed by atoms with Gasteiger partial charge in [-0.15, -0.1) is 0 Å². The molecule has 0 fully saturated rings. The van der Waals surface area contributed by atoms with E-state index in [0.717, 1.165) is 13.0 Å². The zero-order chi connectivity index (χ0) is 15.9.